The molecule has 2 rings (SSSR count). The maximum absolute atomic E-state index is 12.3. The normalized spacial score (nSPS) is 18.0. The molecule has 1 aliphatic rings. The van der Waals surface area contributed by atoms with Crippen molar-refractivity contribution < 1.29 is 13.2 Å². The van der Waals surface area contributed by atoms with Crippen LogP contribution in [-0.2, 0) is 21.2 Å². The lowest BCUT2D eigenvalue weighted by atomic mass is 9.96. The Bertz CT molecular complexity index is 613. The second-order valence-corrected chi connectivity index (χ2v) is 9.01. The van der Waals surface area contributed by atoms with Gasteiger partial charge in [0.05, 0.1) is 0 Å². The van der Waals surface area contributed by atoms with Crippen molar-refractivity contribution >= 4 is 39.7 Å². The third-order valence-corrected chi connectivity index (χ3v) is 6.99. The average molecular weight is 396 g/mol. The topological polar surface area (TPSA) is 87.3 Å². The molecule has 9 heteroatoms. The summed E-state index contributed by atoms with van der Waals surface area (Å²) in [7, 11) is -3.42. The van der Waals surface area contributed by atoms with Gasteiger partial charge < -0.3 is 10.6 Å². The standard InChI is InChI=1S/C15H25N3O3S2.ClH/c1-12(19)17-9-7-14-4-5-15(22-14)23(20,21)18-10-6-13-3-2-8-16-11-13;/h4-5,13,16,18H,2-3,6-11H2,1H3,(H,17,19);1H. The molecule has 1 saturated heterocycles. The van der Waals surface area contributed by atoms with Crippen LogP contribution in [0.15, 0.2) is 16.3 Å². The molecule has 3 N–H and O–H groups in total. The molecule has 1 amide bonds. The number of thiophene rings is 1. The van der Waals surface area contributed by atoms with E-state index in [9.17, 15) is 13.2 Å². The Balaban J connectivity index is 0.00000288. The van der Waals surface area contributed by atoms with Gasteiger partial charge in [0, 0.05) is 24.9 Å². The SMILES string of the molecule is CC(=O)NCCc1ccc(S(=O)(=O)NCCC2CCCNC2)s1.Cl. The Morgan fingerprint density at radius 3 is 2.83 bits per heavy atom. The number of amides is 1. The van der Waals surface area contributed by atoms with Gasteiger partial charge in [-0.1, -0.05) is 0 Å². The van der Waals surface area contributed by atoms with Gasteiger partial charge in [0.25, 0.3) is 0 Å². The highest BCUT2D eigenvalue weighted by Gasteiger charge is 2.18. The van der Waals surface area contributed by atoms with Crippen LogP contribution in [0, 0.1) is 5.92 Å². The Labute approximate surface area is 154 Å². The maximum Gasteiger partial charge on any atom is 0.250 e. The Kier molecular flexibility index (Phi) is 9.22. The molecule has 1 fully saturated rings. The lowest BCUT2D eigenvalue weighted by molar-refractivity contribution is -0.118. The highest BCUT2D eigenvalue weighted by Crippen LogP contribution is 2.22. The monoisotopic (exact) mass is 395 g/mol. The molecule has 1 aliphatic heterocycles. The quantitative estimate of drug-likeness (QED) is 0.622. The van der Waals surface area contributed by atoms with Gasteiger partial charge in [-0.05, 0) is 56.8 Å². The van der Waals surface area contributed by atoms with Crippen LogP contribution in [0.2, 0.25) is 0 Å². The summed E-state index contributed by atoms with van der Waals surface area (Å²) in [6.45, 7) is 4.52. The lowest BCUT2D eigenvalue weighted by Gasteiger charge is -2.22. The second-order valence-electron chi connectivity index (χ2n) is 5.85. The van der Waals surface area contributed by atoms with E-state index in [1.807, 2.05) is 6.07 Å². The van der Waals surface area contributed by atoms with Crippen molar-refractivity contribution in [1.29, 1.82) is 0 Å². The van der Waals surface area contributed by atoms with E-state index in [0.29, 0.717) is 29.6 Å². The largest absolute Gasteiger partial charge is 0.356 e. The van der Waals surface area contributed by atoms with Gasteiger partial charge in [-0.3, -0.25) is 4.79 Å². The fraction of sp³-hybridized carbons (Fsp3) is 0.667. The van der Waals surface area contributed by atoms with E-state index < -0.39 is 10.0 Å². The fourth-order valence-corrected chi connectivity index (χ4v) is 5.09. The third-order valence-electron chi connectivity index (χ3n) is 3.89. The number of nitrogens with one attached hydrogen (secondary N) is 3. The van der Waals surface area contributed by atoms with E-state index in [0.717, 1.165) is 24.4 Å². The number of carbonyl (C=O) groups is 1. The minimum absolute atomic E-state index is 0. The first-order valence-corrected chi connectivity index (χ1v) is 10.3. The Morgan fingerprint density at radius 1 is 1.38 bits per heavy atom. The van der Waals surface area contributed by atoms with Gasteiger partial charge >= 0.3 is 0 Å². The smallest absolute Gasteiger partial charge is 0.250 e. The molecule has 0 aromatic carbocycles. The summed E-state index contributed by atoms with van der Waals surface area (Å²) >= 11 is 1.26. The van der Waals surface area contributed by atoms with Crippen LogP contribution in [0.3, 0.4) is 0 Å². The summed E-state index contributed by atoms with van der Waals surface area (Å²) in [6, 6.07) is 3.45. The number of carbonyl (C=O) groups excluding carboxylic acids is 1. The molecular weight excluding hydrogens is 370 g/mol. The summed E-state index contributed by atoms with van der Waals surface area (Å²) in [5.74, 6) is 0.483. The van der Waals surface area contributed by atoms with Gasteiger partial charge in [0.1, 0.15) is 4.21 Å². The molecule has 24 heavy (non-hydrogen) atoms. The molecule has 0 saturated carbocycles. The predicted octanol–water partition coefficient (Wildman–Crippen LogP) is 1.52. The zero-order valence-corrected chi connectivity index (χ0v) is 16.3. The lowest BCUT2D eigenvalue weighted by Crippen LogP contribution is -2.33. The molecule has 1 atom stereocenters. The van der Waals surface area contributed by atoms with Crippen LogP contribution in [0.4, 0.5) is 0 Å². The van der Waals surface area contributed by atoms with E-state index >= 15 is 0 Å². The molecule has 1 unspecified atom stereocenters. The van der Waals surface area contributed by atoms with Crippen LogP contribution >= 0.6 is 23.7 Å². The Morgan fingerprint density at radius 2 is 2.17 bits per heavy atom. The number of sulfonamides is 1. The molecular formula is C15H26ClN3O3S2. The van der Waals surface area contributed by atoms with Crippen LogP contribution in [0.1, 0.15) is 31.1 Å². The minimum atomic E-state index is -3.42. The molecule has 2 heterocycles. The number of hydrogen-bond acceptors (Lipinski definition) is 5. The zero-order chi connectivity index (χ0) is 16.7. The van der Waals surface area contributed by atoms with E-state index in [-0.39, 0.29) is 18.3 Å². The van der Waals surface area contributed by atoms with Crippen molar-refractivity contribution in [3.63, 3.8) is 0 Å². The summed E-state index contributed by atoms with van der Waals surface area (Å²) in [4.78, 5) is 11.8. The number of piperidine rings is 1. The summed E-state index contributed by atoms with van der Waals surface area (Å²) in [6.07, 6.45) is 3.85. The van der Waals surface area contributed by atoms with Crippen molar-refractivity contribution in [2.75, 3.05) is 26.2 Å². The van der Waals surface area contributed by atoms with Crippen molar-refractivity contribution in [1.82, 2.24) is 15.4 Å². The van der Waals surface area contributed by atoms with Crippen molar-refractivity contribution in [2.24, 2.45) is 5.92 Å². The van der Waals surface area contributed by atoms with Crippen LogP contribution in [0.5, 0.6) is 0 Å². The minimum Gasteiger partial charge on any atom is -0.356 e. The van der Waals surface area contributed by atoms with Gasteiger partial charge in [-0.2, -0.15) is 0 Å². The van der Waals surface area contributed by atoms with Gasteiger partial charge in [-0.25, -0.2) is 13.1 Å². The first-order chi connectivity index (χ1) is 11.0. The molecule has 0 spiro atoms. The zero-order valence-electron chi connectivity index (χ0n) is 13.8. The van der Waals surface area contributed by atoms with Gasteiger partial charge in [-0.15, -0.1) is 23.7 Å². The third kappa shape index (κ3) is 7.06. The fourth-order valence-electron chi connectivity index (χ4n) is 2.64. The average Bonchev–Trinajstić information content (AvgIpc) is 2.97. The molecule has 1 aromatic rings. The van der Waals surface area contributed by atoms with Gasteiger partial charge in [0.15, 0.2) is 0 Å². The van der Waals surface area contributed by atoms with E-state index in [2.05, 4.69) is 15.4 Å². The molecule has 0 bridgehead atoms. The molecule has 6 nitrogen and oxygen atoms in total. The van der Waals surface area contributed by atoms with E-state index in [1.165, 1.54) is 31.1 Å². The van der Waals surface area contributed by atoms with Crippen LogP contribution in [0.25, 0.3) is 0 Å². The Hall–Kier alpha value is -0.670. The van der Waals surface area contributed by atoms with Crippen molar-refractivity contribution in [3.8, 4) is 0 Å². The summed E-state index contributed by atoms with van der Waals surface area (Å²) in [5, 5.41) is 6.05. The highest BCUT2D eigenvalue weighted by atomic mass is 35.5. The van der Waals surface area contributed by atoms with Crippen molar-refractivity contribution in [3.05, 3.63) is 17.0 Å². The van der Waals surface area contributed by atoms with Crippen molar-refractivity contribution in [2.45, 2.75) is 36.8 Å². The summed E-state index contributed by atoms with van der Waals surface area (Å²) in [5.41, 5.74) is 0. The first kappa shape index (κ1) is 21.4. The molecule has 0 radical (unpaired) electrons. The molecule has 138 valence electrons. The first-order valence-electron chi connectivity index (χ1n) is 8.01. The second kappa shape index (κ2) is 10.4. The maximum atomic E-state index is 12.3. The molecule has 1 aromatic heterocycles. The molecule has 0 aliphatic carbocycles. The predicted molar refractivity (Wildman–Crippen MR) is 99.4 cm³/mol. The van der Waals surface area contributed by atoms with Crippen LogP contribution < -0.4 is 15.4 Å². The number of halogens is 1. The van der Waals surface area contributed by atoms with Gasteiger partial charge in [0.2, 0.25) is 15.9 Å². The number of hydrogen-bond donors (Lipinski definition) is 3. The van der Waals surface area contributed by atoms with E-state index in [4.69, 9.17) is 0 Å². The highest BCUT2D eigenvalue weighted by molar-refractivity contribution is 7.91. The number of rotatable bonds is 8. The van der Waals surface area contributed by atoms with E-state index in [1.54, 1.807) is 6.07 Å². The summed E-state index contributed by atoms with van der Waals surface area (Å²) < 4.78 is 27.6. The van der Waals surface area contributed by atoms with Crippen LogP contribution in [-0.4, -0.2) is 40.5 Å².